The molecule has 0 unspecified atom stereocenters. The number of nitrogens with zero attached hydrogens (tertiary/aromatic N) is 3. The van der Waals surface area contributed by atoms with Gasteiger partial charge in [0.2, 0.25) is 5.91 Å². The number of thiophene rings is 1. The number of aromatic nitrogens is 3. The highest BCUT2D eigenvalue weighted by atomic mass is 32.1. The molecule has 4 rings (SSSR count). The minimum atomic E-state index is -0.0321. The molecule has 0 bridgehead atoms. The Bertz CT molecular complexity index is 993. The van der Waals surface area contributed by atoms with Gasteiger partial charge in [-0.1, -0.05) is 6.07 Å². The molecule has 0 aliphatic carbocycles. The minimum absolute atomic E-state index is 0.0321. The average Bonchev–Trinajstić information content (AvgIpc) is 3.31. The van der Waals surface area contributed by atoms with Crippen molar-refractivity contribution in [1.82, 2.24) is 19.9 Å². The Morgan fingerprint density at radius 1 is 1.12 bits per heavy atom. The smallest absolute Gasteiger partial charge is 0.240 e. The molecule has 1 N–H and O–H groups in total. The molecule has 4 aromatic heterocycles. The maximum atomic E-state index is 12.4. The van der Waals surface area contributed by atoms with Gasteiger partial charge in [0.15, 0.2) is 0 Å². The van der Waals surface area contributed by atoms with Crippen LogP contribution in [0, 0.1) is 0 Å². The van der Waals surface area contributed by atoms with E-state index in [-0.39, 0.29) is 12.5 Å². The zero-order valence-electron chi connectivity index (χ0n) is 13.4. The maximum Gasteiger partial charge on any atom is 0.240 e. The van der Waals surface area contributed by atoms with Crippen LogP contribution in [0.1, 0.15) is 5.56 Å². The highest BCUT2D eigenvalue weighted by molar-refractivity contribution is 7.13. The topological polar surface area (TPSA) is 59.8 Å². The first-order chi connectivity index (χ1) is 12.3. The first-order valence-corrected chi connectivity index (χ1v) is 8.82. The lowest BCUT2D eigenvalue weighted by Gasteiger charge is -2.09. The molecule has 0 saturated heterocycles. The zero-order valence-corrected chi connectivity index (χ0v) is 14.2. The van der Waals surface area contributed by atoms with Crippen molar-refractivity contribution in [2.24, 2.45) is 0 Å². The Morgan fingerprint density at radius 2 is 2.00 bits per heavy atom. The highest BCUT2D eigenvalue weighted by Crippen LogP contribution is 2.30. The summed E-state index contributed by atoms with van der Waals surface area (Å²) in [4.78, 5) is 22.0. The van der Waals surface area contributed by atoms with Gasteiger partial charge in [0, 0.05) is 36.7 Å². The number of rotatable bonds is 5. The molecular weight excluding hydrogens is 332 g/mol. The fourth-order valence-electron chi connectivity index (χ4n) is 2.79. The molecule has 0 aliphatic heterocycles. The van der Waals surface area contributed by atoms with Gasteiger partial charge >= 0.3 is 0 Å². The van der Waals surface area contributed by atoms with Crippen LogP contribution in [0.4, 0.5) is 0 Å². The number of carbonyl (C=O) groups is 1. The van der Waals surface area contributed by atoms with E-state index in [9.17, 15) is 4.79 Å². The van der Waals surface area contributed by atoms with Gasteiger partial charge in [-0.3, -0.25) is 14.8 Å². The molecule has 0 saturated carbocycles. The van der Waals surface area contributed by atoms with Crippen LogP contribution in [-0.2, 0) is 17.9 Å². The number of carbonyl (C=O) groups excluding carboxylic acids is 1. The number of fused-ring (bicyclic) bond motifs is 1. The van der Waals surface area contributed by atoms with Crippen molar-refractivity contribution in [3.63, 3.8) is 0 Å². The number of hydrogen-bond donors (Lipinski definition) is 1. The highest BCUT2D eigenvalue weighted by Gasteiger charge is 2.12. The van der Waals surface area contributed by atoms with Gasteiger partial charge in [-0.05, 0) is 41.3 Å². The minimum Gasteiger partial charge on any atom is -0.350 e. The van der Waals surface area contributed by atoms with Gasteiger partial charge in [-0.25, -0.2) is 0 Å². The third-order valence-corrected chi connectivity index (χ3v) is 4.86. The van der Waals surface area contributed by atoms with Gasteiger partial charge in [-0.2, -0.15) is 0 Å². The van der Waals surface area contributed by atoms with E-state index in [0.717, 1.165) is 27.0 Å². The molecule has 0 radical (unpaired) electrons. The molecule has 25 heavy (non-hydrogen) atoms. The van der Waals surface area contributed by atoms with E-state index in [2.05, 4.69) is 15.3 Å². The molecule has 0 atom stereocenters. The molecule has 0 spiro atoms. The van der Waals surface area contributed by atoms with E-state index in [0.29, 0.717) is 6.54 Å². The number of hydrogen-bond acceptors (Lipinski definition) is 4. The standard InChI is InChI=1S/C19H16N4OS/c24-17(22-12-14-3-7-20-8-4-14)13-23-10-6-15-5-9-21-18(19(15)23)16-2-1-11-25-16/h1-11H,12-13H2,(H,22,24). The average molecular weight is 348 g/mol. The summed E-state index contributed by atoms with van der Waals surface area (Å²) in [6, 6.07) is 11.8. The van der Waals surface area contributed by atoms with Crippen LogP contribution in [0.2, 0.25) is 0 Å². The Labute approximate surface area is 149 Å². The van der Waals surface area contributed by atoms with Crippen molar-refractivity contribution < 1.29 is 4.79 Å². The Balaban J connectivity index is 1.56. The molecule has 1 amide bonds. The number of nitrogens with one attached hydrogen (secondary N) is 1. The SMILES string of the molecule is O=C(Cn1ccc2ccnc(-c3cccs3)c21)NCc1ccncc1. The van der Waals surface area contributed by atoms with Crippen molar-refractivity contribution in [2.45, 2.75) is 13.1 Å². The molecule has 4 heterocycles. The van der Waals surface area contributed by atoms with Crippen LogP contribution in [-0.4, -0.2) is 20.4 Å². The van der Waals surface area contributed by atoms with Crippen molar-refractivity contribution >= 4 is 28.1 Å². The van der Waals surface area contributed by atoms with E-state index < -0.39 is 0 Å². The van der Waals surface area contributed by atoms with Crippen LogP contribution in [0.15, 0.2) is 66.6 Å². The number of pyridine rings is 2. The van der Waals surface area contributed by atoms with Crippen LogP contribution in [0.5, 0.6) is 0 Å². The quantitative estimate of drug-likeness (QED) is 0.601. The summed E-state index contributed by atoms with van der Waals surface area (Å²) in [6.45, 7) is 0.759. The molecule has 0 aliphatic rings. The molecule has 124 valence electrons. The Hall–Kier alpha value is -2.99. The summed E-state index contributed by atoms with van der Waals surface area (Å²) in [7, 11) is 0. The zero-order chi connectivity index (χ0) is 17.1. The van der Waals surface area contributed by atoms with E-state index in [1.165, 1.54) is 0 Å². The fraction of sp³-hybridized carbons (Fsp3) is 0.105. The van der Waals surface area contributed by atoms with E-state index in [4.69, 9.17) is 0 Å². The summed E-state index contributed by atoms with van der Waals surface area (Å²) >= 11 is 1.65. The number of amides is 1. The van der Waals surface area contributed by atoms with Gasteiger partial charge in [0.25, 0.3) is 0 Å². The third-order valence-electron chi connectivity index (χ3n) is 3.98. The lowest BCUT2D eigenvalue weighted by molar-refractivity contribution is -0.121. The molecule has 5 nitrogen and oxygen atoms in total. The Kier molecular flexibility index (Phi) is 4.26. The fourth-order valence-corrected chi connectivity index (χ4v) is 3.51. The van der Waals surface area contributed by atoms with Gasteiger partial charge < -0.3 is 9.88 Å². The van der Waals surface area contributed by atoms with Crippen molar-refractivity contribution in [2.75, 3.05) is 0 Å². The van der Waals surface area contributed by atoms with Crippen LogP contribution >= 0.6 is 11.3 Å². The maximum absolute atomic E-state index is 12.4. The van der Waals surface area contributed by atoms with Crippen LogP contribution in [0.3, 0.4) is 0 Å². The summed E-state index contributed by atoms with van der Waals surface area (Å²) in [6.07, 6.45) is 7.19. The third kappa shape index (κ3) is 3.29. The largest absolute Gasteiger partial charge is 0.350 e. The first-order valence-electron chi connectivity index (χ1n) is 7.94. The summed E-state index contributed by atoms with van der Waals surface area (Å²) in [5.41, 5.74) is 2.94. The Morgan fingerprint density at radius 3 is 2.80 bits per heavy atom. The van der Waals surface area contributed by atoms with Crippen molar-refractivity contribution in [1.29, 1.82) is 0 Å². The summed E-state index contributed by atoms with van der Waals surface area (Å²) in [5, 5.41) is 6.07. The monoisotopic (exact) mass is 348 g/mol. The van der Waals surface area contributed by atoms with E-state index in [1.54, 1.807) is 23.7 Å². The van der Waals surface area contributed by atoms with Crippen LogP contribution < -0.4 is 5.32 Å². The van der Waals surface area contributed by atoms with Crippen molar-refractivity contribution in [3.8, 4) is 10.6 Å². The molecule has 0 fully saturated rings. The molecule has 6 heteroatoms. The summed E-state index contributed by atoms with van der Waals surface area (Å²) < 4.78 is 1.96. The first kappa shape index (κ1) is 15.5. The normalized spacial score (nSPS) is 10.9. The lowest BCUT2D eigenvalue weighted by atomic mass is 10.2. The molecule has 0 aromatic carbocycles. The molecule has 4 aromatic rings. The second kappa shape index (κ2) is 6.86. The predicted octanol–water partition coefficient (Wildman–Crippen LogP) is 3.48. The lowest BCUT2D eigenvalue weighted by Crippen LogP contribution is -2.26. The van der Waals surface area contributed by atoms with Gasteiger partial charge in [-0.15, -0.1) is 11.3 Å². The van der Waals surface area contributed by atoms with Crippen molar-refractivity contribution in [3.05, 3.63) is 72.1 Å². The molecular formula is C19H16N4OS. The van der Waals surface area contributed by atoms with E-state index in [1.807, 2.05) is 58.7 Å². The summed E-state index contributed by atoms with van der Waals surface area (Å²) in [5.74, 6) is -0.0321. The van der Waals surface area contributed by atoms with Crippen LogP contribution in [0.25, 0.3) is 21.5 Å². The second-order valence-corrected chi connectivity index (χ2v) is 6.60. The van der Waals surface area contributed by atoms with Gasteiger partial charge in [0.1, 0.15) is 12.2 Å². The second-order valence-electron chi connectivity index (χ2n) is 5.65. The van der Waals surface area contributed by atoms with Gasteiger partial charge in [0.05, 0.1) is 10.4 Å². The van der Waals surface area contributed by atoms with E-state index >= 15 is 0 Å². The predicted molar refractivity (Wildman–Crippen MR) is 99.1 cm³/mol.